The molecular formula is C22H29N5OSi. The molecule has 3 aromatic rings. The number of fused-ring (bicyclic) bond motifs is 1. The largest absolute Gasteiger partial charge is 0.361 e. The number of hydrogen-bond donors (Lipinski definition) is 0. The summed E-state index contributed by atoms with van der Waals surface area (Å²) in [7, 11) is -1.09. The molecule has 3 aromatic heterocycles. The topological polar surface area (TPSA) is 68.7 Å². The predicted octanol–water partition coefficient (Wildman–Crippen LogP) is 5.00. The lowest BCUT2D eigenvalue weighted by Crippen LogP contribution is -2.39. The molecule has 1 aliphatic rings. The van der Waals surface area contributed by atoms with Gasteiger partial charge >= 0.3 is 0 Å². The standard InChI is InChI=1S/C22H29N5OSi/c1-29(2,3)14-13-28-17-26-11-6-19-20(24-16-25-21(19)26)18-5-12-27(15-18)22(9-10-23)7-4-8-22/h5-6,11-12,15-16H,4,7-9,13-14,17H2,1-3H3. The summed E-state index contributed by atoms with van der Waals surface area (Å²) < 4.78 is 10.2. The molecule has 0 spiro atoms. The molecule has 7 heteroatoms. The lowest BCUT2D eigenvalue weighted by Gasteiger charge is -2.41. The summed E-state index contributed by atoms with van der Waals surface area (Å²) >= 11 is 0. The van der Waals surface area contributed by atoms with Gasteiger partial charge in [0.25, 0.3) is 0 Å². The van der Waals surface area contributed by atoms with E-state index in [1.165, 1.54) is 6.42 Å². The third-order valence-corrected chi connectivity index (χ3v) is 7.69. The first-order chi connectivity index (χ1) is 13.9. The van der Waals surface area contributed by atoms with E-state index in [4.69, 9.17) is 4.74 Å². The second-order valence-corrected chi connectivity index (χ2v) is 14.9. The van der Waals surface area contributed by atoms with E-state index in [1.54, 1.807) is 6.33 Å². The Morgan fingerprint density at radius 3 is 2.72 bits per heavy atom. The minimum absolute atomic E-state index is 0.0325. The van der Waals surface area contributed by atoms with Crippen LogP contribution in [0, 0.1) is 11.3 Å². The molecule has 0 atom stereocenters. The number of hydrogen-bond acceptors (Lipinski definition) is 4. The highest BCUT2D eigenvalue weighted by molar-refractivity contribution is 6.76. The van der Waals surface area contributed by atoms with Crippen LogP contribution in [0.2, 0.25) is 25.7 Å². The van der Waals surface area contributed by atoms with Crippen molar-refractivity contribution in [2.75, 3.05) is 6.61 Å². The van der Waals surface area contributed by atoms with Gasteiger partial charge in [-0.15, -0.1) is 0 Å². The van der Waals surface area contributed by atoms with Crippen LogP contribution in [0.3, 0.4) is 0 Å². The monoisotopic (exact) mass is 407 g/mol. The number of aromatic nitrogens is 4. The van der Waals surface area contributed by atoms with Crippen LogP contribution in [0.25, 0.3) is 22.3 Å². The van der Waals surface area contributed by atoms with Gasteiger partial charge in [0.05, 0.1) is 23.7 Å². The molecule has 3 heterocycles. The minimum atomic E-state index is -1.09. The zero-order valence-electron chi connectivity index (χ0n) is 17.6. The molecule has 152 valence electrons. The molecule has 0 radical (unpaired) electrons. The Kier molecular flexibility index (Phi) is 5.32. The van der Waals surface area contributed by atoms with Crippen LogP contribution in [0.15, 0.2) is 37.1 Å². The van der Waals surface area contributed by atoms with Gasteiger partial charge in [0.15, 0.2) is 0 Å². The first kappa shape index (κ1) is 19.9. The first-order valence-corrected chi connectivity index (χ1v) is 14.1. The second kappa shape index (κ2) is 7.77. The zero-order valence-corrected chi connectivity index (χ0v) is 18.6. The number of rotatable bonds is 8. The highest BCUT2D eigenvalue weighted by atomic mass is 28.3. The molecule has 0 aliphatic heterocycles. The van der Waals surface area contributed by atoms with Gasteiger partial charge in [0.1, 0.15) is 18.7 Å². The Labute approximate surface area is 173 Å². The van der Waals surface area contributed by atoms with Crippen molar-refractivity contribution in [1.82, 2.24) is 19.1 Å². The van der Waals surface area contributed by atoms with Crippen LogP contribution in [-0.4, -0.2) is 33.8 Å². The van der Waals surface area contributed by atoms with Gasteiger partial charge in [-0.1, -0.05) is 19.6 Å². The summed E-state index contributed by atoms with van der Waals surface area (Å²) in [6.07, 6.45) is 11.8. The fourth-order valence-electron chi connectivity index (χ4n) is 3.97. The Bertz CT molecular complexity index is 1040. The fourth-order valence-corrected chi connectivity index (χ4v) is 4.73. The van der Waals surface area contributed by atoms with Crippen molar-refractivity contribution in [2.24, 2.45) is 0 Å². The lowest BCUT2D eigenvalue weighted by atomic mass is 9.74. The molecule has 6 nitrogen and oxygen atoms in total. The van der Waals surface area contributed by atoms with E-state index in [9.17, 15) is 5.26 Å². The Morgan fingerprint density at radius 1 is 1.21 bits per heavy atom. The van der Waals surface area contributed by atoms with E-state index in [0.717, 1.165) is 47.8 Å². The lowest BCUT2D eigenvalue weighted by molar-refractivity contribution is 0.0899. The third kappa shape index (κ3) is 4.00. The molecule has 0 unspecified atom stereocenters. The maximum atomic E-state index is 9.23. The van der Waals surface area contributed by atoms with Crippen LogP contribution in [-0.2, 0) is 17.0 Å². The van der Waals surface area contributed by atoms with Gasteiger partial charge in [-0.05, 0) is 37.4 Å². The molecule has 0 amide bonds. The predicted molar refractivity (Wildman–Crippen MR) is 117 cm³/mol. The van der Waals surface area contributed by atoms with Crippen molar-refractivity contribution in [3.8, 4) is 17.3 Å². The van der Waals surface area contributed by atoms with E-state index in [2.05, 4.69) is 64.8 Å². The minimum Gasteiger partial charge on any atom is -0.361 e. The average molecular weight is 408 g/mol. The second-order valence-electron chi connectivity index (χ2n) is 9.31. The van der Waals surface area contributed by atoms with Gasteiger partial charge in [-0.25, -0.2) is 9.97 Å². The Morgan fingerprint density at radius 2 is 2.03 bits per heavy atom. The molecule has 29 heavy (non-hydrogen) atoms. The van der Waals surface area contributed by atoms with Gasteiger partial charge in [0.2, 0.25) is 0 Å². The van der Waals surface area contributed by atoms with Crippen LogP contribution >= 0.6 is 0 Å². The van der Waals surface area contributed by atoms with Gasteiger partial charge in [-0.3, -0.25) is 0 Å². The summed E-state index contributed by atoms with van der Waals surface area (Å²) in [5.74, 6) is 0. The molecule has 0 aromatic carbocycles. The molecule has 4 rings (SSSR count). The van der Waals surface area contributed by atoms with Crippen molar-refractivity contribution >= 4 is 19.1 Å². The van der Waals surface area contributed by atoms with Crippen LogP contribution in [0.5, 0.6) is 0 Å². The average Bonchev–Trinajstić information content (AvgIpc) is 3.28. The number of ether oxygens (including phenoxy) is 1. The molecule has 1 aliphatic carbocycles. The summed E-state index contributed by atoms with van der Waals surface area (Å²) in [6, 6.07) is 7.69. The zero-order chi connectivity index (χ0) is 20.5. The smallest absolute Gasteiger partial charge is 0.145 e. The highest BCUT2D eigenvalue weighted by Gasteiger charge is 2.38. The van der Waals surface area contributed by atoms with E-state index in [0.29, 0.717) is 13.2 Å². The highest BCUT2D eigenvalue weighted by Crippen LogP contribution is 2.43. The summed E-state index contributed by atoms with van der Waals surface area (Å²) in [6.45, 7) is 8.38. The molecule has 1 fully saturated rings. The fraction of sp³-hybridized carbons (Fsp3) is 0.500. The van der Waals surface area contributed by atoms with Gasteiger partial charge in [-0.2, -0.15) is 5.26 Å². The van der Waals surface area contributed by atoms with E-state index < -0.39 is 8.07 Å². The molecule has 1 saturated carbocycles. The van der Waals surface area contributed by atoms with E-state index >= 15 is 0 Å². The van der Waals surface area contributed by atoms with Crippen molar-refractivity contribution < 1.29 is 4.74 Å². The molecule has 0 saturated heterocycles. The normalized spacial score (nSPS) is 15.9. The van der Waals surface area contributed by atoms with Crippen molar-refractivity contribution in [3.05, 3.63) is 37.1 Å². The summed E-state index contributed by atoms with van der Waals surface area (Å²) in [5, 5.41) is 10.3. The molecule has 0 bridgehead atoms. The van der Waals surface area contributed by atoms with Gasteiger partial charge < -0.3 is 13.9 Å². The summed E-state index contributed by atoms with van der Waals surface area (Å²) in [4.78, 5) is 9.06. The number of nitriles is 1. The van der Waals surface area contributed by atoms with E-state index in [-0.39, 0.29) is 5.54 Å². The van der Waals surface area contributed by atoms with Crippen LogP contribution < -0.4 is 0 Å². The Hall–Kier alpha value is -2.43. The SMILES string of the molecule is C[Si](C)(C)CCOCn1ccc2c(-c3ccn(C4(CC#N)CCC4)c3)ncnc21. The molecule has 0 N–H and O–H groups in total. The van der Waals surface area contributed by atoms with Crippen molar-refractivity contribution in [3.63, 3.8) is 0 Å². The maximum Gasteiger partial charge on any atom is 0.145 e. The van der Waals surface area contributed by atoms with Crippen LogP contribution in [0.4, 0.5) is 0 Å². The third-order valence-electron chi connectivity index (χ3n) is 5.99. The van der Waals surface area contributed by atoms with E-state index in [1.807, 2.05) is 10.8 Å². The van der Waals surface area contributed by atoms with Crippen molar-refractivity contribution in [1.29, 1.82) is 5.26 Å². The summed E-state index contributed by atoms with van der Waals surface area (Å²) in [5.41, 5.74) is 2.86. The van der Waals surface area contributed by atoms with Crippen molar-refractivity contribution in [2.45, 2.75) is 63.6 Å². The quantitative estimate of drug-likeness (QED) is 0.389. The maximum absolute atomic E-state index is 9.23. The van der Waals surface area contributed by atoms with Crippen LogP contribution in [0.1, 0.15) is 25.7 Å². The van der Waals surface area contributed by atoms with Gasteiger partial charge in [0, 0.05) is 44.2 Å². The number of nitrogens with zero attached hydrogens (tertiary/aromatic N) is 5. The first-order valence-electron chi connectivity index (χ1n) is 10.4. The Balaban J connectivity index is 1.55. The molecular weight excluding hydrogens is 378 g/mol.